The van der Waals surface area contributed by atoms with Gasteiger partial charge in [0.1, 0.15) is 0 Å². The number of aryl methyl sites for hydroxylation is 2. The van der Waals surface area contributed by atoms with Gasteiger partial charge in [0.15, 0.2) is 0 Å². The zero-order valence-corrected chi connectivity index (χ0v) is 13.3. The first kappa shape index (κ1) is 14.9. The average Bonchev–Trinajstić information content (AvgIpc) is 3.15. The molecular formula is C15H26ClN3. The Hall–Kier alpha value is -0.540. The van der Waals surface area contributed by atoms with Crippen molar-refractivity contribution in [1.82, 2.24) is 15.1 Å². The van der Waals surface area contributed by atoms with Crippen molar-refractivity contribution < 1.29 is 0 Å². The molecule has 19 heavy (non-hydrogen) atoms. The van der Waals surface area contributed by atoms with Gasteiger partial charge in [0, 0.05) is 12.6 Å². The Balaban J connectivity index is 2.06. The second kappa shape index (κ2) is 6.27. The van der Waals surface area contributed by atoms with E-state index in [0.29, 0.717) is 11.8 Å². The number of hydrogen-bond acceptors (Lipinski definition) is 2. The summed E-state index contributed by atoms with van der Waals surface area (Å²) in [5.41, 5.74) is 2.16. The molecule has 108 valence electrons. The molecule has 1 aromatic rings. The molecular weight excluding hydrogens is 258 g/mol. The van der Waals surface area contributed by atoms with Crippen LogP contribution in [0.1, 0.15) is 45.0 Å². The Morgan fingerprint density at radius 1 is 1.42 bits per heavy atom. The fourth-order valence-electron chi connectivity index (χ4n) is 2.46. The molecule has 1 aliphatic rings. The first-order chi connectivity index (χ1) is 9.02. The molecule has 0 bridgehead atoms. The minimum Gasteiger partial charge on any atom is -0.314 e. The summed E-state index contributed by atoms with van der Waals surface area (Å²) in [7, 11) is 0. The molecule has 1 aliphatic carbocycles. The zero-order chi connectivity index (χ0) is 14.0. The summed E-state index contributed by atoms with van der Waals surface area (Å²) in [5.74, 6) is 1.28. The summed E-state index contributed by atoms with van der Waals surface area (Å²) in [6.07, 6.45) is 3.71. The van der Waals surface area contributed by atoms with Crippen molar-refractivity contribution in [2.45, 2.75) is 59.5 Å². The van der Waals surface area contributed by atoms with Crippen molar-refractivity contribution in [2.75, 3.05) is 6.54 Å². The van der Waals surface area contributed by atoms with Crippen molar-refractivity contribution in [3.8, 4) is 0 Å². The SMILES string of the molecule is CCn1nc(C)c(Cl)c1CC(CNC1CC1)C(C)C. The number of hydrogen-bond donors (Lipinski definition) is 1. The van der Waals surface area contributed by atoms with Crippen LogP contribution in [-0.4, -0.2) is 22.4 Å². The van der Waals surface area contributed by atoms with Crippen LogP contribution in [-0.2, 0) is 13.0 Å². The summed E-state index contributed by atoms with van der Waals surface area (Å²) in [6.45, 7) is 10.7. The van der Waals surface area contributed by atoms with Crippen LogP contribution in [0.2, 0.25) is 5.02 Å². The van der Waals surface area contributed by atoms with Gasteiger partial charge in [-0.25, -0.2) is 0 Å². The second-order valence-corrected chi connectivity index (χ2v) is 6.43. The van der Waals surface area contributed by atoms with Gasteiger partial charge in [-0.3, -0.25) is 4.68 Å². The predicted molar refractivity (Wildman–Crippen MR) is 80.7 cm³/mol. The second-order valence-electron chi connectivity index (χ2n) is 6.05. The van der Waals surface area contributed by atoms with Gasteiger partial charge in [0.2, 0.25) is 0 Å². The summed E-state index contributed by atoms with van der Waals surface area (Å²) in [4.78, 5) is 0. The van der Waals surface area contributed by atoms with E-state index in [1.54, 1.807) is 0 Å². The Labute approximate surface area is 121 Å². The van der Waals surface area contributed by atoms with E-state index in [0.717, 1.165) is 36.3 Å². The fraction of sp³-hybridized carbons (Fsp3) is 0.800. The Kier molecular flexibility index (Phi) is 4.91. The molecule has 2 rings (SSSR count). The molecule has 0 radical (unpaired) electrons. The van der Waals surface area contributed by atoms with E-state index in [-0.39, 0.29) is 0 Å². The fourth-order valence-corrected chi connectivity index (χ4v) is 2.67. The number of nitrogens with one attached hydrogen (secondary N) is 1. The maximum absolute atomic E-state index is 6.41. The summed E-state index contributed by atoms with van der Waals surface area (Å²) in [6, 6.07) is 0.773. The molecule has 0 spiro atoms. The molecule has 4 heteroatoms. The molecule has 1 aromatic heterocycles. The van der Waals surface area contributed by atoms with Crippen LogP contribution in [0.15, 0.2) is 0 Å². The third-order valence-corrected chi connectivity index (χ3v) is 4.59. The third-order valence-electron chi connectivity index (χ3n) is 4.10. The van der Waals surface area contributed by atoms with Gasteiger partial charge in [0.25, 0.3) is 0 Å². The van der Waals surface area contributed by atoms with Crippen molar-refractivity contribution in [1.29, 1.82) is 0 Å². The quantitative estimate of drug-likeness (QED) is 0.831. The van der Waals surface area contributed by atoms with Gasteiger partial charge in [-0.05, 0) is 51.5 Å². The van der Waals surface area contributed by atoms with Crippen molar-refractivity contribution >= 4 is 11.6 Å². The first-order valence-corrected chi connectivity index (χ1v) is 7.85. The molecule has 0 aliphatic heterocycles. The number of rotatable bonds is 7. The van der Waals surface area contributed by atoms with Crippen LogP contribution in [0.25, 0.3) is 0 Å². The van der Waals surface area contributed by atoms with E-state index in [1.165, 1.54) is 18.5 Å². The lowest BCUT2D eigenvalue weighted by Crippen LogP contribution is -2.30. The molecule has 0 amide bonds. The van der Waals surface area contributed by atoms with Crippen LogP contribution < -0.4 is 5.32 Å². The molecule has 0 aromatic carbocycles. The van der Waals surface area contributed by atoms with E-state index >= 15 is 0 Å². The van der Waals surface area contributed by atoms with Crippen LogP contribution in [0.4, 0.5) is 0 Å². The van der Waals surface area contributed by atoms with Crippen LogP contribution >= 0.6 is 11.6 Å². The minimum atomic E-state index is 0.625. The Bertz CT molecular complexity index is 421. The topological polar surface area (TPSA) is 29.9 Å². The molecule has 0 saturated heterocycles. The molecule has 3 nitrogen and oxygen atoms in total. The van der Waals surface area contributed by atoms with E-state index in [9.17, 15) is 0 Å². The van der Waals surface area contributed by atoms with Crippen LogP contribution in [0, 0.1) is 18.8 Å². The monoisotopic (exact) mass is 283 g/mol. The molecule has 1 N–H and O–H groups in total. The highest BCUT2D eigenvalue weighted by Gasteiger charge is 2.25. The lowest BCUT2D eigenvalue weighted by Gasteiger charge is -2.22. The van der Waals surface area contributed by atoms with Gasteiger partial charge in [-0.15, -0.1) is 0 Å². The van der Waals surface area contributed by atoms with Crippen LogP contribution in [0.3, 0.4) is 0 Å². The average molecular weight is 284 g/mol. The van der Waals surface area contributed by atoms with E-state index in [2.05, 4.69) is 35.9 Å². The molecule has 1 fully saturated rings. The highest BCUT2D eigenvalue weighted by molar-refractivity contribution is 6.31. The van der Waals surface area contributed by atoms with Crippen molar-refractivity contribution in [3.63, 3.8) is 0 Å². The summed E-state index contributed by atoms with van der Waals surface area (Å²) >= 11 is 6.41. The normalized spacial score (nSPS) is 17.2. The molecule has 1 atom stereocenters. The molecule has 1 heterocycles. The maximum Gasteiger partial charge on any atom is 0.0847 e. The molecule has 1 unspecified atom stereocenters. The lowest BCUT2D eigenvalue weighted by atomic mass is 9.91. The highest BCUT2D eigenvalue weighted by Crippen LogP contribution is 2.26. The van der Waals surface area contributed by atoms with Gasteiger partial charge in [-0.1, -0.05) is 25.4 Å². The largest absolute Gasteiger partial charge is 0.314 e. The lowest BCUT2D eigenvalue weighted by molar-refractivity contribution is 0.351. The third kappa shape index (κ3) is 3.73. The summed E-state index contributed by atoms with van der Waals surface area (Å²) < 4.78 is 2.06. The zero-order valence-electron chi connectivity index (χ0n) is 12.5. The van der Waals surface area contributed by atoms with E-state index in [4.69, 9.17) is 11.6 Å². The van der Waals surface area contributed by atoms with Gasteiger partial charge in [0.05, 0.1) is 16.4 Å². The molecule has 1 saturated carbocycles. The smallest absolute Gasteiger partial charge is 0.0847 e. The summed E-state index contributed by atoms with van der Waals surface area (Å²) in [5, 5.41) is 9.02. The van der Waals surface area contributed by atoms with Crippen molar-refractivity contribution in [2.24, 2.45) is 11.8 Å². The van der Waals surface area contributed by atoms with Gasteiger partial charge in [-0.2, -0.15) is 5.10 Å². The maximum atomic E-state index is 6.41. The minimum absolute atomic E-state index is 0.625. The predicted octanol–water partition coefficient (Wildman–Crippen LogP) is 3.43. The van der Waals surface area contributed by atoms with Crippen LogP contribution in [0.5, 0.6) is 0 Å². The van der Waals surface area contributed by atoms with E-state index < -0.39 is 0 Å². The first-order valence-electron chi connectivity index (χ1n) is 7.48. The number of nitrogens with zero attached hydrogens (tertiary/aromatic N) is 2. The Morgan fingerprint density at radius 3 is 2.63 bits per heavy atom. The van der Waals surface area contributed by atoms with E-state index in [1.807, 2.05) is 6.92 Å². The van der Waals surface area contributed by atoms with Gasteiger partial charge < -0.3 is 5.32 Å². The number of halogens is 1. The standard InChI is InChI=1S/C15H26ClN3/c1-5-19-14(15(16)11(4)18-19)8-12(10(2)3)9-17-13-6-7-13/h10,12-13,17H,5-9H2,1-4H3. The van der Waals surface area contributed by atoms with Crippen molar-refractivity contribution in [3.05, 3.63) is 16.4 Å². The highest BCUT2D eigenvalue weighted by atomic mass is 35.5. The number of aromatic nitrogens is 2. The Morgan fingerprint density at radius 2 is 2.11 bits per heavy atom. The van der Waals surface area contributed by atoms with Gasteiger partial charge >= 0.3 is 0 Å².